The van der Waals surface area contributed by atoms with E-state index in [0.717, 1.165) is 76.4 Å². The van der Waals surface area contributed by atoms with Gasteiger partial charge < -0.3 is 14.7 Å². The van der Waals surface area contributed by atoms with Crippen LogP contribution in [-0.4, -0.2) is 72.8 Å². The lowest BCUT2D eigenvalue weighted by molar-refractivity contribution is -0.133. The minimum absolute atomic E-state index is 0.258. The summed E-state index contributed by atoms with van der Waals surface area (Å²) < 4.78 is 0. The molecule has 0 spiro atoms. The number of piperazine rings is 1. The van der Waals surface area contributed by atoms with Crippen LogP contribution >= 0.6 is 11.6 Å². The van der Waals surface area contributed by atoms with Crippen LogP contribution in [0.15, 0.2) is 24.3 Å². The third-order valence-corrected chi connectivity index (χ3v) is 6.52. The van der Waals surface area contributed by atoms with Gasteiger partial charge in [0.2, 0.25) is 11.8 Å². The molecule has 29 heavy (non-hydrogen) atoms. The van der Waals surface area contributed by atoms with Crippen LogP contribution in [0.5, 0.6) is 0 Å². The molecule has 2 fully saturated rings. The maximum Gasteiger partial charge on any atom is 0.222 e. The Bertz CT molecular complexity index is 671. The number of rotatable bonds is 7. The highest BCUT2D eigenvalue weighted by Crippen LogP contribution is 2.23. The number of benzene rings is 1. The lowest BCUT2D eigenvalue weighted by atomic mass is 9.92. The summed E-state index contributed by atoms with van der Waals surface area (Å²) in [6.07, 6.45) is 6.06. The van der Waals surface area contributed by atoms with E-state index in [9.17, 15) is 9.59 Å². The summed E-state index contributed by atoms with van der Waals surface area (Å²) in [7, 11) is 2.10. The average molecular weight is 420 g/mol. The number of carbonyl (C=O) groups excluding carboxylic acids is 2. The fourth-order valence-corrected chi connectivity index (χ4v) is 4.45. The molecule has 0 radical (unpaired) electrons. The van der Waals surface area contributed by atoms with E-state index < -0.39 is 0 Å². The van der Waals surface area contributed by atoms with Crippen molar-refractivity contribution in [1.29, 1.82) is 0 Å². The van der Waals surface area contributed by atoms with Crippen LogP contribution in [0.4, 0.5) is 0 Å². The topological polar surface area (TPSA) is 43.9 Å². The summed E-state index contributed by atoms with van der Waals surface area (Å²) in [5.41, 5.74) is 1.22. The summed E-state index contributed by atoms with van der Waals surface area (Å²) in [5, 5.41) is 0.746. The second kappa shape index (κ2) is 11.0. The van der Waals surface area contributed by atoms with Gasteiger partial charge >= 0.3 is 0 Å². The van der Waals surface area contributed by atoms with Crippen molar-refractivity contribution < 1.29 is 9.59 Å². The first-order valence-corrected chi connectivity index (χ1v) is 11.4. The van der Waals surface area contributed by atoms with Gasteiger partial charge in [0.1, 0.15) is 0 Å². The van der Waals surface area contributed by atoms with Crippen molar-refractivity contribution >= 4 is 23.4 Å². The molecule has 2 aliphatic heterocycles. The van der Waals surface area contributed by atoms with Gasteiger partial charge in [0.25, 0.3) is 0 Å². The molecule has 3 rings (SSSR count). The summed E-state index contributed by atoms with van der Waals surface area (Å²) >= 11 is 5.92. The first-order chi connectivity index (χ1) is 14.0. The number of carbonyl (C=O) groups is 2. The number of aryl methyl sites for hydroxylation is 1. The monoisotopic (exact) mass is 419 g/mol. The molecule has 2 amide bonds. The third kappa shape index (κ3) is 7.00. The van der Waals surface area contributed by atoms with Gasteiger partial charge in [0, 0.05) is 57.1 Å². The minimum Gasteiger partial charge on any atom is -0.342 e. The number of hydrogen-bond donors (Lipinski definition) is 0. The minimum atomic E-state index is 0.258. The van der Waals surface area contributed by atoms with Crippen molar-refractivity contribution in [2.75, 3.05) is 46.3 Å². The third-order valence-electron chi connectivity index (χ3n) is 6.26. The molecule has 6 heteroatoms. The number of likely N-dealkylation sites (N-methyl/N-ethyl adjacent to an activating group) is 1. The molecule has 0 unspecified atom stereocenters. The Morgan fingerprint density at radius 1 is 0.966 bits per heavy atom. The highest BCUT2D eigenvalue weighted by molar-refractivity contribution is 6.30. The highest BCUT2D eigenvalue weighted by Gasteiger charge is 2.25. The van der Waals surface area contributed by atoms with Gasteiger partial charge in [-0.2, -0.15) is 0 Å². The van der Waals surface area contributed by atoms with Crippen molar-refractivity contribution in [3.63, 3.8) is 0 Å². The van der Waals surface area contributed by atoms with Gasteiger partial charge in [-0.1, -0.05) is 23.7 Å². The maximum absolute atomic E-state index is 12.6. The van der Waals surface area contributed by atoms with E-state index in [4.69, 9.17) is 11.6 Å². The van der Waals surface area contributed by atoms with E-state index in [0.29, 0.717) is 18.8 Å². The Balaban J connectivity index is 1.36. The van der Waals surface area contributed by atoms with Crippen molar-refractivity contribution in [2.45, 2.75) is 44.9 Å². The summed E-state index contributed by atoms with van der Waals surface area (Å²) in [4.78, 5) is 31.4. The van der Waals surface area contributed by atoms with Crippen molar-refractivity contribution in [2.24, 2.45) is 5.92 Å². The van der Waals surface area contributed by atoms with E-state index in [1.165, 1.54) is 5.56 Å². The molecular formula is C23H34ClN3O2. The molecule has 2 aliphatic rings. The SMILES string of the molecule is CN1CCN(C(=O)CC[C@@H]2CCCN(C(=O)CCCc3ccc(Cl)cc3)C2)CC1. The molecule has 1 aromatic rings. The van der Waals surface area contributed by atoms with E-state index >= 15 is 0 Å². The summed E-state index contributed by atoms with van der Waals surface area (Å²) in [6.45, 7) is 5.30. The van der Waals surface area contributed by atoms with Gasteiger partial charge in [-0.25, -0.2) is 0 Å². The largest absolute Gasteiger partial charge is 0.342 e. The zero-order valence-electron chi connectivity index (χ0n) is 17.6. The summed E-state index contributed by atoms with van der Waals surface area (Å²) in [5.74, 6) is 0.999. The van der Waals surface area contributed by atoms with Gasteiger partial charge in [-0.15, -0.1) is 0 Å². The molecule has 1 atom stereocenters. The Labute approximate surface area is 180 Å². The van der Waals surface area contributed by atoms with Crippen LogP contribution < -0.4 is 0 Å². The maximum atomic E-state index is 12.6. The molecule has 0 bridgehead atoms. The van der Waals surface area contributed by atoms with Gasteiger partial charge in [0.05, 0.1) is 0 Å². The Hall–Kier alpha value is -1.59. The number of amides is 2. The number of likely N-dealkylation sites (tertiary alicyclic amines) is 1. The normalized spacial score (nSPS) is 20.7. The second-order valence-electron chi connectivity index (χ2n) is 8.55. The number of halogens is 1. The van der Waals surface area contributed by atoms with Crippen LogP contribution in [0.1, 0.15) is 44.1 Å². The van der Waals surface area contributed by atoms with Gasteiger partial charge in [-0.05, 0) is 62.8 Å². The molecule has 0 N–H and O–H groups in total. The lowest BCUT2D eigenvalue weighted by Crippen LogP contribution is -2.47. The molecular weight excluding hydrogens is 386 g/mol. The lowest BCUT2D eigenvalue weighted by Gasteiger charge is -2.34. The Morgan fingerprint density at radius 3 is 2.38 bits per heavy atom. The standard InChI is InChI=1S/C23H34ClN3O2/c1-25-14-16-26(17-15-25)23(29)12-9-20-5-3-13-27(18-20)22(28)6-2-4-19-7-10-21(24)11-8-19/h7-8,10-11,20H,2-6,9,12-18H2,1H3/t20-/m0/s1. The first-order valence-electron chi connectivity index (χ1n) is 11.0. The van der Waals surface area contributed by atoms with E-state index in [1.54, 1.807) is 0 Å². The van der Waals surface area contributed by atoms with Crippen molar-refractivity contribution in [3.05, 3.63) is 34.9 Å². The zero-order chi connectivity index (χ0) is 20.6. The van der Waals surface area contributed by atoms with E-state index in [1.807, 2.05) is 34.1 Å². The van der Waals surface area contributed by atoms with Crippen LogP contribution in [-0.2, 0) is 16.0 Å². The highest BCUT2D eigenvalue weighted by atomic mass is 35.5. The van der Waals surface area contributed by atoms with Crippen LogP contribution in [0.2, 0.25) is 5.02 Å². The van der Waals surface area contributed by atoms with E-state index in [2.05, 4.69) is 11.9 Å². The first kappa shape index (κ1) is 22.1. The molecule has 1 aromatic carbocycles. The molecule has 2 saturated heterocycles. The molecule has 160 valence electrons. The second-order valence-corrected chi connectivity index (χ2v) is 8.99. The van der Waals surface area contributed by atoms with Crippen molar-refractivity contribution in [3.8, 4) is 0 Å². The smallest absolute Gasteiger partial charge is 0.222 e. The molecule has 5 nitrogen and oxygen atoms in total. The van der Waals surface area contributed by atoms with Crippen LogP contribution in [0, 0.1) is 5.92 Å². The molecule has 2 heterocycles. The number of piperidine rings is 1. The predicted octanol–water partition coefficient (Wildman–Crippen LogP) is 3.46. The van der Waals surface area contributed by atoms with Gasteiger partial charge in [0.15, 0.2) is 0 Å². The number of nitrogens with zero attached hydrogens (tertiary/aromatic N) is 3. The van der Waals surface area contributed by atoms with Crippen molar-refractivity contribution in [1.82, 2.24) is 14.7 Å². The quantitative estimate of drug-likeness (QED) is 0.679. The Morgan fingerprint density at radius 2 is 1.66 bits per heavy atom. The predicted molar refractivity (Wildman–Crippen MR) is 117 cm³/mol. The molecule has 0 saturated carbocycles. The fourth-order valence-electron chi connectivity index (χ4n) is 4.32. The number of hydrogen-bond acceptors (Lipinski definition) is 3. The Kier molecular flexibility index (Phi) is 8.37. The van der Waals surface area contributed by atoms with E-state index in [-0.39, 0.29) is 11.8 Å². The van der Waals surface area contributed by atoms with Crippen LogP contribution in [0.3, 0.4) is 0 Å². The molecule has 0 aromatic heterocycles. The van der Waals surface area contributed by atoms with Crippen LogP contribution in [0.25, 0.3) is 0 Å². The zero-order valence-corrected chi connectivity index (χ0v) is 18.4. The van der Waals surface area contributed by atoms with Gasteiger partial charge in [-0.3, -0.25) is 9.59 Å². The fraction of sp³-hybridized carbons (Fsp3) is 0.652. The summed E-state index contributed by atoms with van der Waals surface area (Å²) in [6, 6.07) is 7.86. The molecule has 0 aliphatic carbocycles. The average Bonchev–Trinajstić information content (AvgIpc) is 2.74.